The van der Waals surface area contributed by atoms with Crippen molar-refractivity contribution in [2.75, 3.05) is 18.1 Å². The van der Waals surface area contributed by atoms with Gasteiger partial charge in [-0.1, -0.05) is 6.92 Å². The molecule has 0 aliphatic carbocycles. The lowest BCUT2D eigenvalue weighted by atomic mass is 10.0. The van der Waals surface area contributed by atoms with E-state index in [0.29, 0.717) is 6.04 Å². The fraction of sp³-hybridized carbons (Fsp3) is 0.818. The third-order valence-corrected chi connectivity index (χ3v) is 4.53. The van der Waals surface area contributed by atoms with Crippen LogP contribution in [-0.2, 0) is 13.0 Å². The molecule has 5 heteroatoms. The standard InChI is InChI=1S/C11H18N4S/c1-8-2-4-15-10(6-8)13-14-11(15)9-7-16-5-3-12-9/h8-9,12H,2-7H2,1H3. The average Bonchev–Trinajstić information content (AvgIpc) is 2.73. The molecule has 4 nitrogen and oxygen atoms in total. The van der Waals surface area contributed by atoms with Crippen molar-refractivity contribution in [2.24, 2.45) is 5.92 Å². The highest BCUT2D eigenvalue weighted by molar-refractivity contribution is 7.99. The second-order valence-corrected chi connectivity index (χ2v) is 5.96. The highest BCUT2D eigenvalue weighted by atomic mass is 32.2. The van der Waals surface area contributed by atoms with Gasteiger partial charge in [-0.2, -0.15) is 11.8 Å². The zero-order chi connectivity index (χ0) is 11.0. The molecule has 2 aliphatic heterocycles. The van der Waals surface area contributed by atoms with Gasteiger partial charge >= 0.3 is 0 Å². The molecule has 88 valence electrons. The number of hydrogen-bond donors (Lipinski definition) is 1. The maximum Gasteiger partial charge on any atom is 0.151 e. The summed E-state index contributed by atoms with van der Waals surface area (Å²) < 4.78 is 2.34. The Morgan fingerprint density at radius 1 is 1.44 bits per heavy atom. The monoisotopic (exact) mass is 238 g/mol. The molecule has 0 spiro atoms. The van der Waals surface area contributed by atoms with Crippen LogP contribution in [0, 0.1) is 5.92 Å². The molecule has 1 N–H and O–H groups in total. The van der Waals surface area contributed by atoms with E-state index in [1.54, 1.807) is 0 Å². The molecular weight excluding hydrogens is 220 g/mol. The molecule has 0 saturated carbocycles. The van der Waals surface area contributed by atoms with Crippen LogP contribution in [0.1, 0.15) is 31.0 Å². The van der Waals surface area contributed by atoms with Gasteiger partial charge in [-0.05, 0) is 12.3 Å². The van der Waals surface area contributed by atoms with Gasteiger partial charge in [0.25, 0.3) is 0 Å². The minimum atomic E-state index is 0.411. The molecule has 3 rings (SSSR count). The van der Waals surface area contributed by atoms with Crippen LogP contribution in [0.2, 0.25) is 0 Å². The maximum absolute atomic E-state index is 4.39. The third kappa shape index (κ3) is 1.86. The lowest BCUT2D eigenvalue weighted by Crippen LogP contribution is -2.33. The summed E-state index contributed by atoms with van der Waals surface area (Å²) in [4.78, 5) is 0. The molecule has 1 aromatic rings. The van der Waals surface area contributed by atoms with Crippen LogP contribution in [0.4, 0.5) is 0 Å². The molecule has 1 saturated heterocycles. The van der Waals surface area contributed by atoms with E-state index >= 15 is 0 Å². The maximum atomic E-state index is 4.39. The summed E-state index contributed by atoms with van der Waals surface area (Å²) in [5, 5.41) is 12.3. The molecule has 1 fully saturated rings. The summed E-state index contributed by atoms with van der Waals surface area (Å²) in [6, 6.07) is 0.411. The SMILES string of the molecule is CC1CCn2c(nnc2C2CSCCN2)C1. The van der Waals surface area contributed by atoms with Crippen LogP contribution in [0.15, 0.2) is 0 Å². The van der Waals surface area contributed by atoms with Crippen LogP contribution >= 0.6 is 11.8 Å². The minimum Gasteiger partial charge on any atom is -0.314 e. The first kappa shape index (κ1) is 10.6. The van der Waals surface area contributed by atoms with E-state index in [9.17, 15) is 0 Å². The van der Waals surface area contributed by atoms with Gasteiger partial charge in [-0.3, -0.25) is 0 Å². The number of fused-ring (bicyclic) bond motifs is 1. The number of nitrogens with one attached hydrogen (secondary N) is 1. The predicted molar refractivity (Wildman–Crippen MR) is 65.6 cm³/mol. The van der Waals surface area contributed by atoms with E-state index < -0.39 is 0 Å². The lowest BCUT2D eigenvalue weighted by Gasteiger charge is -2.26. The van der Waals surface area contributed by atoms with Gasteiger partial charge in [-0.15, -0.1) is 10.2 Å². The normalized spacial score (nSPS) is 30.1. The Morgan fingerprint density at radius 3 is 3.19 bits per heavy atom. The first-order valence-corrected chi connectivity index (χ1v) is 7.23. The summed E-state index contributed by atoms with van der Waals surface area (Å²) >= 11 is 2.01. The molecule has 0 aromatic carbocycles. The molecule has 2 atom stereocenters. The van der Waals surface area contributed by atoms with Crippen LogP contribution in [0.5, 0.6) is 0 Å². The fourth-order valence-corrected chi connectivity index (χ4v) is 3.43. The summed E-state index contributed by atoms with van der Waals surface area (Å²) in [6.45, 7) is 4.49. The summed E-state index contributed by atoms with van der Waals surface area (Å²) in [5.41, 5.74) is 0. The highest BCUT2D eigenvalue weighted by Crippen LogP contribution is 2.25. The van der Waals surface area contributed by atoms with E-state index in [0.717, 1.165) is 37.0 Å². The first-order valence-electron chi connectivity index (χ1n) is 6.07. The van der Waals surface area contributed by atoms with Crippen molar-refractivity contribution in [1.82, 2.24) is 20.1 Å². The molecule has 16 heavy (non-hydrogen) atoms. The van der Waals surface area contributed by atoms with E-state index in [1.807, 2.05) is 11.8 Å². The second kappa shape index (κ2) is 4.37. The number of thioether (sulfide) groups is 1. The van der Waals surface area contributed by atoms with Gasteiger partial charge < -0.3 is 9.88 Å². The Labute approximate surface area is 100 Å². The first-order chi connectivity index (χ1) is 7.84. The number of rotatable bonds is 1. The van der Waals surface area contributed by atoms with E-state index in [1.165, 1.54) is 18.0 Å². The smallest absolute Gasteiger partial charge is 0.151 e. The molecule has 2 unspecified atom stereocenters. The van der Waals surface area contributed by atoms with Gasteiger partial charge in [0.15, 0.2) is 5.82 Å². The molecule has 1 aromatic heterocycles. The number of aromatic nitrogens is 3. The van der Waals surface area contributed by atoms with Crippen molar-refractivity contribution in [3.05, 3.63) is 11.6 Å². The van der Waals surface area contributed by atoms with Gasteiger partial charge in [-0.25, -0.2) is 0 Å². The highest BCUT2D eigenvalue weighted by Gasteiger charge is 2.26. The molecule has 0 radical (unpaired) electrons. The van der Waals surface area contributed by atoms with Crippen LogP contribution in [0.25, 0.3) is 0 Å². The number of hydrogen-bond acceptors (Lipinski definition) is 4. The molecule has 2 aliphatic rings. The quantitative estimate of drug-likeness (QED) is 0.799. The zero-order valence-corrected chi connectivity index (χ0v) is 10.5. The van der Waals surface area contributed by atoms with Crippen molar-refractivity contribution in [3.63, 3.8) is 0 Å². The average molecular weight is 238 g/mol. The largest absolute Gasteiger partial charge is 0.314 e. The summed E-state index contributed by atoms with van der Waals surface area (Å²) in [5.74, 6) is 5.46. The van der Waals surface area contributed by atoms with Crippen molar-refractivity contribution in [2.45, 2.75) is 32.4 Å². The van der Waals surface area contributed by atoms with Crippen LogP contribution < -0.4 is 5.32 Å². The van der Waals surface area contributed by atoms with Crippen molar-refractivity contribution in [1.29, 1.82) is 0 Å². The van der Waals surface area contributed by atoms with Gasteiger partial charge in [0, 0.05) is 31.0 Å². The van der Waals surface area contributed by atoms with Gasteiger partial charge in [0.2, 0.25) is 0 Å². The Kier molecular flexibility index (Phi) is 2.90. The molecule has 0 bridgehead atoms. The van der Waals surface area contributed by atoms with E-state index in [2.05, 4.69) is 27.0 Å². The minimum absolute atomic E-state index is 0.411. The van der Waals surface area contributed by atoms with E-state index in [-0.39, 0.29) is 0 Å². The summed E-state index contributed by atoms with van der Waals surface area (Å²) in [7, 11) is 0. The van der Waals surface area contributed by atoms with E-state index in [4.69, 9.17) is 0 Å². The zero-order valence-electron chi connectivity index (χ0n) is 9.65. The Bertz CT molecular complexity index is 370. The van der Waals surface area contributed by atoms with Crippen LogP contribution in [0.3, 0.4) is 0 Å². The molecule has 3 heterocycles. The third-order valence-electron chi connectivity index (χ3n) is 3.47. The lowest BCUT2D eigenvalue weighted by molar-refractivity contribution is 0.392. The second-order valence-electron chi connectivity index (χ2n) is 4.81. The van der Waals surface area contributed by atoms with Gasteiger partial charge in [0.1, 0.15) is 5.82 Å². The molecular formula is C11H18N4S. The Morgan fingerprint density at radius 2 is 2.38 bits per heavy atom. The molecule has 0 amide bonds. The number of nitrogens with zero attached hydrogens (tertiary/aromatic N) is 3. The predicted octanol–water partition coefficient (Wildman–Crippen LogP) is 1.24. The summed E-state index contributed by atoms with van der Waals surface area (Å²) in [6.07, 6.45) is 2.35. The Hall–Kier alpha value is -0.550. The van der Waals surface area contributed by atoms with Crippen molar-refractivity contribution >= 4 is 11.8 Å². The van der Waals surface area contributed by atoms with Crippen LogP contribution in [-0.4, -0.2) is 32.8 Å². The van der Waals surface area contributed by atoms with Crippen molar-refractivity contribution < 1.29 is 0 Å². The van der Waals surface area contributed by atoms with Gasteiger partial charge in [0.05, 0.1) is 6.04 Å². The van der Waals surface area contributed by atoms with Crippen molar-refractivity contribution in [3.8, 4) is 0 Å². The fourth-order valence-electron chi connectivity index (χ4n) is 2.50. The Balaban J connectivity index is 1.85. The topological polar surface area (TPSA) is 42.7 Å².